The molecule has 0 amide bonds. The van der Waals surface area contributed by atoms with E-state index in [9.17, 15) is 0 Å². The minimum absolute atomic E-state index is 0.718. The first kappa shape index (κ1) is 9.00. The number of hydrogen-bond donors (Lipinski definition) is 0. The number of halogens is 1. The maximum Gasteiger partial charge on any atom is 0.214 e. The molecular weight excluding hydrogens is 230 g/mol. The van der Waals surface area contributed by atoms with E-state index in [1.807, 2.05) is 18.2 Å². The van der Waals surface area contributed by atoms with E-state index in [0.29, 0.717) is 0 Å². The molecular formula is C10H12BrNO. The molecule has 1 aromatic heterocycles. The van der Waals surface area contributed by atoms with Gasteiger partial charge in [-0.15, -0.1) is 0 Å². The van der Waals surface area contributed by atoms with Crippen molar-refractivity contribution < 1.29 is 4.74 Å². The molecule has 1 aliphatic carbocycles. The Balaban J connectivity index is 1.79. The van der Waals surface area contributed by atoms with E-state index in [1.54, 1.807) is 0 Å². The summed E-state index contributed by atoms with van der Waals surface area (Å²) in [6.45, 7) is 0.800. The summed E-state index contributed by atoms with van der Waals surface area (Å²) in [5.41, 5.74) is 0. The summed E-state index contributed by atoms with van der Waals surface area (Å²) in [6.07, 6.45) is 3.94. The topological polar surface area (TPSA) is 22.1 Å². The molecule has 0 atom stereocenters. The second-order valence-electron chi connectivity index (χ2n) is 3.38. The first-order valence-corrected chi connectivity index (χ1v) is 5.39. The molecule has 1 aliphatic rings. The average molecular weight is 242 g/mol. The number of rotatable bonds is 4. The minimum atomic E-state index is 0.718. The number of hydrogen-bond acceptors (Lipinski definition) is 2. The Labute approximate surface area is 86.5 Å². The molecule has 0 radical (unpaired) electrons. The molecule has 3 heteroatoms. The molecule has 1 saturated carbocycles. The largest absolute Gasteiger partial charge is 0.478 e. The number of pyridine rings is 1. The third-order valence-corrected chi connectivity index (χ3v) is 2.60. The summed E-state index contributed by atoms with van der Waals surface area (Å²) in [5, 5.41) is 0. The summed E-state index contributed by atoms with van der Waals surface area (Å²) in [6, 6.07) is 5.72. The zero-order valence-corrected chi connectivity index (χ0v) is 8.96. The van der Waals surface area contributed by atoms with Crippen LogP contribution in [0.4, 0.5) is 0 Å². The molecule has 70 valence electrons. The minimum Gasteiger partial charge on any atom is -0.478 e. The summed E-state index contributed by atoms with van der Waals surface area (Å²) >= 11 is 3.30. The third kappa shape index (κ3) is 2.99. The maximum absolute atomic E-state index is 5.50. The molecule has 13 heavy (non-hydrogen) atoms. The summed E-state index contributed by atoms with van der Waals surface area (Å²) in [4.78, 5) is 4.18. The van der Waals surface area contributed by atoms with Crippen LogP contribution in [0, 0.1) is 5.92 Å². The van der Waals surface area contributed by atoms with Gasteiger partial charge < -0.3 is 4.74 Å². The van der Waals surface area contributed by atoms with E-state index < -0.39 is 0 Å². The molecule has 0 bridgehead atoms. The molecule has 0 spiro atoms. The zero-order chi connectivity index (χ0) is 9.10. The standard InChI is InChI=1S/C10H12BrNO/c11-9-2-1-3-10(12-9)13-7-6-8-4-5-8/h1-3,8H,4-7H2. The number of ether oxygens (including phenoxy) is 1. The van der Waals surface area contributed by atoms with Gasteiger partial charge in [0, 0.05) is 6.07 Å². The van der Waals surface area contributed by atoms with Crippen molar-refractivity contribution in [3.8, 4) is 5.88 Å². The molecule has 0 unspecified atom stereocenters. The molecule has 1 fully saturated rings. The lowest BCUT2D eigenvalue weighted by Gasteiger charge is -2.03. The van der Waals surface area contributed by atoms with E-state index in [4.69, 9.17) is 4.74 Å². The smallest absolute Gasteiger partial charge is 0.214 e. The fourth-order valence-corrected chi connectivity index (χ4v) is 1.53. The lowest BCUT2D eigenvalue weighted by atomic mass is 10.3. The highest BCUT2D eigenvalue weighted by molar-refractivity contribution is 9.10. The second kappa shape index (κ2) is 4.09. The molecule has 1 aromatic rings. The van der Waals surface area contributed by atoms with Crippen LogP contribution in [-0.4, -0.2) is 11.6 Å². The maximum atomic E-state index is 5.50. The zero-order valence-electron chi connectivity index (χ0n) is 7.37. The quantitative estimate of drug-likeness (QED) is 0.757. The summed E-state index contributed by atoms with van der Waals surface area (Å²) in [5.74, 6) is 1.64. The average Bonchev–Trinajstić information content (AvgIpc) is 2.88. The van der Waals surface area contributed by atoms with Crippen LogP contribution in [-0.2, 0) is 0 Å². The van der Waals surface area contributed by atoms with E-state index in [1.165, 1.54) is 19.3 Å². The van der Waals surface area contributed by atoms with Gasteiger partial charge in [-0.25, -0.2) is 4.98 Å². The molecule has 0 saturated heterocycles. The van der Waals surface area contributed by atoms with Gasteiger partial charge in [0.15, 0.2) is 0 Å². The molecule has 0 N–H and O–H groups in total. The first-order chi connectivity index (χ1) is 6.34. The van der Waals surface area contributed by atoms with Gasteiger partial charge in [0.05, 0.1) is 6.61 Å². The molecule has 1 heterocycles. The van der Waals surface area contributed by atoms with Gasteiger partial charge in [0.2, 0.25) is 5.88 Å². The van der Waals surface area contributed by atoms with Crippen molar-refractivity contribution in [1.29, 1.82) is 0 Å². The Bertz CT molecular complexity index is 286. The Morgan fingerprint density at radius 2 is 2.31 bits per heavy atom. The van der Waals surface area contributed by atoms with Crippen LogP contribution in [0.3, 0.4) is 0 Å². The first-order valence-electron chi connectivity index (χ1n) is 4.60. The Hall–Kier alpha value is -0.570. The van der Waals surface area contributed by atoms with E-state index >= 15 is 0 Å². The van der Waals surface area contributed by atoms with Crippen LogP contribution in [0.5, 0.6) is 5.88 Å². The van der Waals surface area contributed by atoms with Crippen molar-refractivity contribution in [2.75, 3.05) is 6.61 Å². The molecule has 0 aliphatic heterocycles. The fourth-order valence-electron chi connectivity index (χ4n) is 1.21. The predicted octanol–water partition coefficient (Wildman–Crippen LogP) is 3.02. The highest BCUT2D eigenvalue weighted by Gasteiger charge is 2.20. The van der Waals surface area contributed by atoms with Crippen LogP contribution in [0.2, 0.25) is 0 Å². The fraction of sp³-hybridized carbons (Fsp3) is 0.500. The van der Waals surface area contributed by atoms with Crippen LogP contribution in [0.1, 0.15) is 19.3 Å². The highest BCUT2D eigenvalue weighted by Crippen LogP contribution is 2.32. The van der Waals surface area contributed by atoms with Gasteiger partial charge in [-0.2, -0.15) is 0 Å². The van der Waals surface area contributed by atoms with E-state index in [2.05, 4.69) is 20.9 Å². The lowest BCUT2D eigenvalue weighted by molar-refractivity contribution is 0.291. The van der Waals surface area contributed by atoms with Crippen LogP contribution in [0.25, 0.3) is 0 Å². The summed E-state index contributed by atoms with van der Waals surface area (Å²) < 4.78 is 6.33. The van der Waals surface area contributed by atoms with Crippen LogP contribution >= 0.6 is 15.9 Å². The van der Waals surface area contributed by atoms with E-state index in [0.717, 1.165) is 23.0 Å². The summed E-state index contributed by atoms with van der Waals surface area (Å²) in [7, 11) is 0. The molecule has 2 nitrogen and oxygen atoms in total. The number of aromatic nitrogens is 1. The van der Waals surface area contributed by atoms with Gasteiger partial charge in [-0.05, 0) is 34.3 Å². The highest BCUT2D eigenvalue weighted by atomic mass is 79.9. The predicted molar refractivity (Wildman–Crippen MR) is 54.8 cm³/mol. The van der Waals surface area contributed by atoms with E-state index in [-0.39, 0.29) is 0 Å². The Morgan fingerprint density at radius 1 is 1.46 bits per heavy atom. The lowest BCUT2D eigenvalue weighted by Crippen LogP contribution is -1.99. The third-order valence-electron chi connectivity index (χ3n) is 2.16. The van der Waals surface area contributed by atoms with Crippen LogP contribution < -0.4 is 4.74 Å². The number of nitrogens with zero attached hydrogens (tertiary/aromatic N) is 1. The van der Waals surface area contributed by atoms with Gasteiger partial charge in [-0.1, -0.05) is 18.9 Å². The van der Waals surface area contributed by atoms with Crippen molar-refractivity contribution >= 4 is 15.9 Å². The SMILES string of the molecule is Brc1cccc(OCCC2CC2)n1. The Morgan fingerprint density at radius 3 is 3.00 bits per heavy atom. The van der Waals surface area contributed by atoms with Crippen molar-refractivity contribution in [1.82, 2.24) is 4.98 Å². The second-order valence-corrected chi connectivity index (χ2v) is 4.19. The normalized spacial score (nSPS) is 15.8. The van der Waals surface area contributed by atoms with Crippen molar-refractivity contribution in [2.45, 2.75) is 19.3 Å². The van der Waals surface area contributed by atoms with Crippen molar-refractivity contribution in [2.24, 2.45) is 5.92 Å². The van der Waals surface area contributed by atoms with Gasteiger partial charge in [-0.3, -0.25) is 0 Å². The van der Waals surface area contributed by atoms with Crippen LogP contribution in [0.15, 0.2) is 22.8 Å². The molecule has 0 aromatic carbocycles. The Kier molecular flexibility index (Phi) is 2.83. The van der Waals surface area contributed by atoms with Crippen molar-refractivity contribution in [3.05, 3.63) is 22.8 Å². The van der Waals surface area contributed by atoms with Gasteiger partial charge in [0.25, 0.3) is 0 Å². The van der Waals surface area contributed by atoms with Gasteiger partial charge in [0.1, 0.15) is 4.60 Å². The van der Waals surface area contributed by atoms with Crippen molar-refractivity contribution in [3.63, 3.8) is 0 Å². The monoisotopic (exact) mass is 241 g/mol. The molecule has 2 rings (SSSR count). The van der Waals surface area contributed by atoms with Gasteiger partial charge >= 0.3 is 0 Å².